The summed E-state index contributed by atoms with van der Waals surface area (Å²) in [5.41, 5.74) is 3.23. The molecular weight excluding hydrogens is 609 g/mol. The van der Waals surface area contributed by atoms with Gasteiger partial charge in [0.1, 0.15) is 35.1 Å². The molecule has 1 saturated heterocycles. The Morgan fingerprint density at radius 1 is 0.553 bits per heavy atom. The first-order valence-electron chi connectivity index (χ1n) is 15.9. The predicted molar refractivity (Wildman–Crippen MR) is 185 cm³/mol. The zero-order valence-electron chi connectivity index (χ0n) is 26.4. The van der Waals surface area contributed by atoms with Gasteiger partial charge in [-0.3, -0.25) is 0 Å². The summed E-state index contributed by atoms with van der Waals surface area (Å²) in [7, 11) is 1.67. The summed E-state index contributed by atoms with van der Waals surface area (Å²) in [4.78, 5) is 1.04. The zero-order chi connectivity index (χ0) is 32.1. The minimum atomic E-state index is -0.660. The normalized spacial score (nSPS) is 20.8. The van der Waals surface area contributed by atoms with Crippen molar-refractivity contribution < 1.29 is 28.4 Å². The van der Waals surface area contributed by atoms with Crippen molar-refractivity contribution in [3.05, 3.63) is 162 Å². The Morgan fingerprint density at radius 3 is 1.62 bits per heavy atom. The minimum absolute atomic E-state index is 0.293. The molecule has 0 bridgehead atoms. The van der Waals surface area contributed by atoms with Crippen LogP contribution in [0.15, 0.2) is 150 Å². The van der Waals surface area contributed by atoms with Crippen molar-refractivity contribution in [1.82, 2.24) is 0 Å². The molecule has 6 nitrogen and oxygen atoms in total. The van der Waals surface area contributed by atoms with Gasteiger partial charge in [-0.05, 0) is 53.1 Å². The van der Waals surface area contributed by atoms with Crippen LogP contribution in [0.25, 0.3) is 0 Å². The Kier molecular flexibility index (Phi) is 12.0. The van der Waals surface area contributed by atoms with E-state index in [0.29, 0.717) is 32.2 Å². The molecule has 0 amide bonds. The first-order valence-corrected chi connectivity index (χ1v) is 16.7. The van der Waals surface area contributed by atoms with E-state index in [2.05, 4.69) is 36.4 Å². The number of benzene rings is 5. The van der Waals surface area contributed by atoms with Gasteiger partial charge in [-0.25, -0.2) is 0 Å². The van der Waals surface area contributed by atoms with Crippen LogP contribution in [0.1, 0.15) is 16.7 Å². The van der Waals surface area contributed by atoms with E-state index in [1.54, 1.807) is 18.9 Å². The predicted octanol–water partition coefficient (Wildman–Crippen LogP) is 8.35. The second-order valence-electron chi connectivity index (χ2n) is 11.3. The van der Waals surface area contributed by atoms with E-state index in [9.17, 15) is 0 Å². The third-order valence-corrected chi connectivity index (χ3v) is 9.19. The summed E-state index contributed by atoms with van der Waals surface area (Å²) < 4.78 is 38.8. The lowest BCUT2D eigenvalue weighted by molar-refractivity contribution is -0.253. The van der Waals surface area contributed by atoms with Crippen molar-refractivity contribution in [3.8, 4) is 11.5 Å². The van der Waals surface area contributed by atoms with E-state index in [4.69, 9.17) is 28.4 Å². The van der Waals surface area contributed by atoms with Crippen molar-refractivity contribution in [3.63, 3.8) is 0 Å². The van der Waals surface area contributed by atoms with Gasteiger partial charge in [0.05, 0.1) is 33.5 Å². The first kappa shape index (κ1) is 32.8. The molecule has 0 radical (unpaired) electrons. The summed E-state index contributed by atoms with van der Waals surface area (Å²) in [5.74, 6) is 1.51. The summed E-state index contributed by atoms with van der Waals surface area (Å²) >= 11 is 1.65. The minimum Gasteiger partial charge on any atom is -0.497 e. The average Bonchev–Trinajstić information content (AvgIpc) is 3.13. The largest absolute Gasteiger partial charge is 0.497 e. The van der Waals surface area contributed by atoms with Gasteiger partial charge >= 0.3 is 0 Å². The molecule has 47 heavy (non-hydrogen) atoms. The summed E-state index contributed by atoms with van der Waals surface area (Å²) in [5, 5.41) is -0.293. The van der Waals surface area contributed by atoms with Crippen LogP contribution >= 0.6 is 11.8 Å². The molecule has 5 atom stereocenters. The molecule has 1 fully saturated rings. The zero-order valence-corrected chi connectivity index (χ0v) is 27.2. The van der Waals surface area contributed by atoms with E-state index >= 15 is 0 Å². The number of hydrogen-bond acceptors (Lipinski definition) is 7. The molecule has 7 heteroatoms. The van der Waals surface area contributed by atoms with Crippen LogP contribution in [-0.2, 0) is 38.8 Å². The van der Waals surface area contributed by atoms with E-state index in [-0.39, 0.29) is 5.25 Å². The van der Waals surface area contributed by atoms with Gasteiger partial charge in [0, 0.05) is 4.90 Å². The maximum Gasteiger partial charge on any atom is 0.215 e. The molecule has 0 aliphatic carbocycles. The van der Waals surface area contributed by atoms with Crippen molar-refractivity contribution in [1.29, 1.82) is 0 Å². The molecule has 1 aliphatic rings. The Morgan fingerprint density at radius 2 is 1.06 bits per heavy atom. The van der Waals surface area contributed by atoms with Crippen LogP contribution in [0.4, 0.5) is 0 Å². The second kappa shape index (κ2) is 17.2. The molecule has 0 spiro atoms. The van der Waals surface area contributed by atoms with Gasteiger partial charge < -0.3 is 28.4 Å². The fraction of sp³-hybridized carbons (Fsp3) is 0.250. The number of ether oxygens (including phenoxy) is 6. The van der Waals surface area contributed by atoms with Gasteiger partial charge in [-0.15, -0.1) is 11.8 Å². The monoisotopic (exact) mass is 648 g/mol. The molecule has 0 unspecified atom stereocenters. The fourth-order valence-electron chi connectivity index (χ4n) is 5.47. The highest BCUT2D eigenvalue weighted by molar-refractivity contribution is 8.00. The maximum absolute atomic E-state index is 6.88. The molecule has 242 valence electrons. The highest BCUT2D eigenvalue weighted by Crippen LogP contribution is 2.39. The highest BCUT2D eigenvalue weighted by atomic mass is 32.2. The number of hydrogen-bond donors (Lipinski definition) is 0. The molecule has 6 rings (SSSR count). The highest BCUT2D eigenvalue weighted by Gasteiger charge is 2.49. The van der Waals surface area contributed by atoms with Gasteiger partial charge in [0.2, 0.25) is 6.29 Å². The van der Waals surface area contributed by atoms with Gasteiger partial charge in [-0.1, -0.05) is 109 Å². The summed E-state index contributed by atoms with van der Waals surface area (Å²) in [6, 6.07) is 48.3. The Balaban J connectivity index is 1.33. The van der Waals surface area contributed by atoms with Crippen LogP contribution in [-0.4, -0.2) is 43.6 Å². The standard InChI is InChI=1S/C40H40O6S/c1-41-33-22-24-35(25-23-33)47-39-38(44-28-32-18-10-4-11-19-32)37(43-27-31-16-8-3-9-17-31)36(29-42-26-30-14-6-2-7-15-30)46-40(39)45-34-20-12-5-13-21-34/h2-25,36-40H,26-29H2,1H3/t36-,37-,38+,39-,40-/m1/s1. The SMILES string of the molecule is COc1ccc(S[C@H]2[C@H](Oc3ccccc3)O[C@H](COCc3ccccc3)[C@@H](OCc3ccccc3)[C@@H]2OCc2ccccc2)cc1. The van der Waals surface area contributed by atoms with Gasteiger partial charge in [0.25, 0.3) is 0 Å². The van der Waals surface area contributed by atoms with Crippen molar-refractivity contribution in [2.24, 2.45) is 0 Å². The Labute approximate surface area is 281 Å². The van der Waals surface area contributed by atoms with E-state index in [1.165, 1.54) is 0 Å². The average molecular weight is 649 g/mol. The number of rotatable bonds is 15. The summed E-state index contributed by atoms with van der Waals surface area (Å²) in [6.07, 6.45) is -2.00. The van der Waals surface area contributed by atoms with E-state index in [0.717, 1.165) is 27.3 Å². The summed E-state index contributed by atoms with van der Waals surface area (Å²) in [6.45, 7) is 1.56. The molecule has 5 aromatic rings. The molecule has 1 aliphatic heterocycles. The fourth-order valence-corrected chi connectivity index (χ4v) is 6.67. The topological polar surface area (TPSA) is 55.4 Å². The molecule has 0 aromatic heterocycles. The third-order valence-electron chi connectivity index (χ3n) is 7.88. The second-order valence-corrected chi connectivity index (χ2v) is 12.5. The van der Waals surface area contributed by atoms with Gasteiger partial charge in [0.15, 0.2) is 0 Å². The molecule has 0 N–H and O–H groups in total. The lowest BCUT2D eigenvalue weighted by atomic mass is 10.00. The number of para-hydroxylation sites is 1. The van der Waals surface area contributed by atoms with Crippen LogP contribution in [0.2, 0.25) is 0 Å². The van der Waals surface area contributed by atoms with Crippen molar-refractivity contribution in [2.75, 3.05) is 13.7 Å². The lowest BCUT2D eigenvalue weighted by Crippen LogP contribution is -2.60. The molecule has 0 saturated carbocycles. The van der Waals surface area contributed by atoms with Crippen LogP contribution in [0, 0.1) is 0 Å². The van der Waals surface area contributed by atoms with Crippen LogP contribution in [0.5, 0.6) is 11.5 Å². The van der Waals surface area contributed by atoms with Crippen LogP contribution in [0.3, 0.4) is 0 Å². The lowest BCUT2D eigenvalue weighted by Gasteiger charge is -2.45. The molecular formula is C40H40O6S. The van der Waals surface area contributed by atoms with Crippen LogP contribution < -0.4 is 9.47 Å². The maximum atomic E-state index is 6.88. The van der Waals surface area contributed by atoms with E-state index < -0.39 is 24.6 Å². The Hall–Kier alpha value is -4.11. The van der Waals surface area contributed by atoms with Crippen molar-refractivity contribution in [2.45, 2.75) is 54.6 Å². The van der Waals surface area contributed by atoms with Crippen molar-refractivity contribution >= 4 is 11.8 Å². The third kappa shape index (κ3) is 9.47. The number of thioether (sulfide) groups is 1. The van der Waals surface area contributed by atoms with Gasteiger partial charge in [-0.2, -0.15) is 0 Å². The first-order chi connectivity index (χ1) is 23.2. The quantitative estimate of drug-likeness (QED) is 0.113. The molecule has 1 heterocycles. The molecule has 5 aromatic carbocycles. The Bertz CT molecular complexity index is 1590. The van der Waals surface area contributed by atoms with E-state index in [1.807, 2.05) is 109 Å². The smallest absolute Gasteiger partial charge is 0.215 e. The number of methoxy groups -OCH3 is 1.